The fraction of sp³-hybridized carbons (Fsp3) is 0.312. The second-order valence-corrected chi connectivity index (χ2v) is 5.74. The lowest BCUT2D eigenvalue weighted by molar-refractivity contribution is -0.393. The zero-order valence-corrected chi connectivity index (χ0v) is 14.1. The molecule has 0 radical (unpaired) electrons. The molecule has 10 heteroatoms. The molecule has 0 spiro atoms. The molecule has 0 saturated carbocycles. The number of rotatable bonds is 7. The number of nitro groups is 2. The summed E-state index contributed by atoms with van der Waals surface area (Å²) >= 11 is 0. The van der Waals surface area contributed by atoms with Gasteiger partial charge in [0.2, 0.25) is 0 Å². The van der Waals surface area contributed by atoms with Gasteiger partial charge < -0.3 is 0 Å². The quantitative estimate of drug-likeness (QED) is 0.330. The van der Waals surface area contributed by atoms with E-state index < -0.39 is 15.5 Å². The molecule has 1 atom stereocenters. The fourth-order valence-corrected chi connectivity index (χ4v) is 2.80. The Morgan fingerprint density at radius 3 is 2.73 bits per heavy atom. The van der Waals surface area contributed by atoms with E-state index in [2.05, 4.69) is 9.89 Å². The Bertz CT molecular complexity index is 774. The second-order valence-electron chi connectivity index (χ2n) is 5.74. The molecule has 10 nitrogen and oxygen atoms in total. The van der Waals surface area contributed by atoms with E-state index in [-0.39, 0.29) is 17.4 Å². The van der Waals surface area contributed by atoms with Gasteiger partial charge in [0, 0.05) is 24.5 Å². The summed E-state index contributed by atoms with van der Waals surface area (Å²) < 4.78 is 0. The Hall–Kier alpha value is -3.11. The summed E-state index contributed by atoms with van der Waals surface area (Å²) in [5, 5.41) is 30.6. The summed E-state index contributed by atoms with van der Waals surface area (Å²) in [7, 11) is 1.97. The molecule has 1 aliphatic rings. The van der Waals surface area contributed by atoms with E-state index >= 15 is 0 Å². The molecule has 2 N–H and O–H groups in total. The molecule has 26 heavy (non-hydrogen) atoms. The minimum atomic E-state index is -0.694. The summed E-state index contributed by atoms with van der Waals surface area (Å²) in [5.41, 5.74) is 1.96. The molecule has 1 aromatic carbocycles. The number of nitro benzene ring substituents is 2. The third kappa shape index (κ3) is 4.71. The van der Waals surface area contributed by atoms with Crippen molar-refractivity contribution in [3.8, 4) is 0 Å². The van der Waals surface area contributed by atoms with Gasteiger partial charge >= 0.3 is 5.69 Å². The minimum Gasteiger partial charge on any atom is -0.299 e. The van der Waals surface area contributed by atoms with Gasteiger partial charge in [0.05, 0.1) is 15.9 Å². The van der Waals surface area contributed by atoms with Crippen molar-refractivity contribution in [2.75, 3.05) is 13.6 Å². The van der Waals surface area contributed by atoms with E-state index in [4.69, 9.17) is 5.21 Å². The molecule has 1 aromatic rings. The van der Waals surface area contributed by atoms with Gasteiger partial charge in [-0.1, -0.05) is 6.08 Å². The van der Waals surface area contributed by atoms with Gasteiger partial charge in [-0.15, -0.1) is 0 Å². The van der Waals surface area contributed by atoms with Crippen LogP contribution in [0.25, 0.3) is 0 Å². The monoisotopic (exact) mass is 361 g/mol. The smallest absolute Gasteiger partial charge is 0.299 e. The number of non-ortho nitro benzene ring substituents is 1. The minimum absolute atomic E-state index is 0.0383. The molecular weight excluding hydrogens is 342 g/mol. The van der Waals surface area contributed by atoms with E-state index in [0.29, 0.717) is 0 Å². The van der Waals surface area contributed by atoms with Crippen LogP contribution >= 0.6 is 0 Å². The van der Waals surface area contributed by atoms with Crippen LogP contribution in [-0.4, -0.2) is 45.8 Å². The number of likely N-dealkylation sites (tertiary alicyclic amines) is 1. The summed E-state index contributed by atoms with van der Waals surface area (Å²) in [5.74, 6) is 0. The highest BCUT2D eigenvalue weighted by Gasteiger charge is 2.24. The standard InChI is InChI=1S/C16H19N5O5/c1-19-9-3-5-15(19)12(4-2-8-18-22)11-17-14-7-6-13(20(23)24)10-16(14)21(25)26/h2,4,6-8,10-11,15,18,22H,3,5,9H2,1H3/b8-2+,12-4-,17-11?. The first-order valence-corrected chi connectivity index (χ1v) is 7.87. The van der Waals surface area contributed by atoms with Crippen LogP contribution in [0.15, 0.2) is 47.1 Å². The number of hydroxylamine groups is 1. The second kappa shape index (κ2) is 8.83. The Morgan fingerprint density at radius 1 is 1.38 bits per heavy atom. The van der Waals surface area contributed by atoms with Gasteiger partial charge in [-0.25, -0.2) is 4.99 Å². The van der Waals surface area contributed by atoms with Crippen molar-refractivity contribution in [1.29, 1.82) is 0 Å². The summed E-state index contributed by atoms with van der Waals surface area (Å²) in [6.45, 7) is 0.926. The molecule has 1 unspecified atom stereocenters. The average molecular weight is 361 g/mol. The lowest BCUT2D eigenvalue weighted by atomic mass is 10.1. The van der Waals surface area contributed by atoms with Gasteiger partial charge in [0.1, 0.15) is 5.69 Å². The van der Waals surface area contributed by atoms with E-state index in [1.807, 2.05) is 12.5 Å². The molecule has 2 rings (SSSR count). The number of hydrogen-bond acceptors (Lipinski definition) is 8. The van der Waals surface area contributed by atoms with Crippen molar-refractivity contribution < 1.29 is 15.1 Å². The van der Waals surface area contributed by atoms with Crippen LogP contribution in [0.3, 0.4) is 0 Å². The molecule has 1 aliphatic heterocycles. The summed E-state index contributed by atoms with van der Waals surface area (Å²) in [6.07, 6.45) is 8.12. The highest BCUT2D eigenvalue weighted by molar-refractivity contribution is 5.84. The zero-order valence-electron chi connectivity index (χ0n) is 14.1. The number of nitrogens with zero attached hydrogens (tertiary/aromatic N) is 4. The summed E-state index contributed by atoms with van der Waals surface area (Å²) in [6, 6.07) is 3.43. The Balaban J connectivity index is 2.37. The molecule has 1 heterocycles. The first-order valence-electron chi connectivity index (χ1n) is 7.87. The predicted octanol–water partition coefficient (Wildman–Crippen LogP) is 2.72. The maximum absolute atomic E-state index is 11.2. The number of benzene rings is 1. The Morgan fingerprint density at radius 2 is 2.15 bits per heavy atom. The molecule has 0 aliphatic carbocycles. The normalized spacial score (nSPS) is 18.7. The molecule has 138 valence electrons. The van der Waals surface area contributed by atoms with Crippen LogP contribution in [-0.2, 0) is 0 Å². The van der Waals surface area contributed by atoms with Crippen LogP contribution in [0.1, 0.15) is 12.8 Å². The van der Waals surface area contributed by atoms with E-state index in [1.165, 1.54) is 24.5 Å². The zero-order chi connectivity index (χ0) is 19.1. The maximum Gasteiger partial charge on any atom is 0.301 e. The van der Waals surface area contributed by atoms with Crippen LogP contribution in [0, 0.1) is 20.2 Å². The average Bonchev–Trinajstić information content (AvgIpc) is 3.03. The first-order chi connectivity index (χ1) is 12.4. The highest BCUT2D eigenvalue weighted by Crippen LogP contribution is 2.31. The molecule has 0 aromatic heterocycles. The van der Waals surface area contributed by atoms with E-state index in [0.717, 1.165) is 31.0 Å². The fourth-order valence-electron chi connectivity index (χ4n) is 2.80. The highest BCUT2D eigenvalue weighted by atomic mass is 16.6. The van der Waals surface area contributed by atoms with Crippen LogP contribution in [0.4, 0.5) is 17.1 Å². The van der Waals surface area contributed by atoms with Crippen LogP contribution in [0.2, 0.25) is 0 Å². The van der Waals surface area contributed by atoms with Crippen LogP contribution in [0.5, 0.6) is 0 Å². The van der Waals surface area contributed by atoms with E-state index in [1.54, 1.807) is 12.2 Å². The Kier molecular flexibility index (Phi) is 6.53. The van der Waals surface area contributed by atoms with Crippen molar-refractivity contribution >= 4 is 23.3 Å². The molecule has 1 fully saturated rings. The third-order valence-corrected chi connectivity index (χ3v) is 4.08. The first kappa shape index (κ1) is 19.2. The predicted molar refractivity (Wildman–Crippen MR) is 95.7 cm³/mol. The van der Waals surface area contributed by atoms with E-state index in [9.17, 15) is 20.2 Å². The molecule has 0 amide bonds. The largest absolute Gasteiger partial charge is 0.301 e. The lowest BCUT2D eigenvalue weighted by Gasteiger charge is -2.20. The number of hydrogen-bond donors (Lipinski definition) is 2. The third-order valence-electron chi connectivity index (χ3n) is 4.08. The van der Waals surface area contributed by atoms with Crippen molar-refractivity contribution in [2.24, 2.45) is 4.99 Å². The number of likely N-dealkylation sites (N-methyl/N-ethyl adjacent to an activating group) is 1. The maximum atomic E-state index is 11.2. The number of nitrogens with one attached hydrogen (secondary N) is 1. The molecular formula is C16H19N5O5. The van der Waals surface area contributed by atoms with Crippen molar-refractivity contribution in [3.05, 3.63) is 62.4 Å². The SMILES string of the molecule is CN1CCCC1/C(C=Nc1ccc([N+](=O)[O-])cc1[N+](=O)[O-])=C\C=C\NO. The Labute approximate surface area is 149 Å². The number of allylic oxidation sites excluding steroid dienone is 2. The van der Waals surface area contributed by atoms with Gasteiger partial charge in [0.25, 0.3) is 5.69 Å². The lowest BCUT2D eigenvalue weighted by Crippen LogP contribution is -2.27. The van der Waals surface area contributed by atoms with Crippen molar-refractivity contribution in [3.63, 3.8) is 0 Å². The number of aliphatic imine (C=N–C) groups is 1. The van der Waals surface area contributed by atoms with Gasteiger partial charge in [-0.2, -0.15) is 0 Å². The molecule has 1 saturated heterocycles. The topological polar surface area (TPSA) is 134 Å². The van der Waals surface area contributed by atoms with Gasteiger partial charge in [-0.3, -0.25) is 35.8 Å². The summed E-state index contributed by atoms with van der Waals surface area (Å²) in [4.78, 5) is 26.9. The van der Waals surface area contributed by atoms with Gasteiger partial charge in [0.15, 0.2) is 0 Å². The van der Waals surface area contributed by atoms with Crippen molar-refractivity contribution in [2.45, 2.75) is 18.9 Å². The van der Waals surface area contributed by atoms with Crippen LogP contribution < -0.4 is 5.48 Å². The van der Waals surface area contributed by atoms with Gasteiger partial charge in [-0.05, 0) is 44.1 Å². The van der Waals surface area contributed by atoms with Crippen molar-refractivity contribution in [1.82, 2.24) is 10.4 Å². The molecule has 0 bridgehead atoms.